The molecule has 0 saturated heterocycles. The van der Waals surface area contributed by atoms with E-state index in [-0.39, 0.29) is 0 Å². The summed E-state index contributed by atoms with van der Waals surface area (Å²) < 4.78 is 15.5. The van der Waals surface area contributed by atoms with Crippen molar-refractivity contribution in [2.75, 3.05) is 48.1 Å². The number of aliphatic imine (C=N–C) groups is 1. The van der Waals surface area contributed by atoms with Crippen LogP contribution in [0.5, 0.6) is 11.5 Å². The van der Waals surface area contributed by atoms with Gasteiger partial charge in [0.15, 0.2) is 17.5 Å². The topological polar surface area (TPSA) is 64.1 Å². The molecule has 1 aromatic carbocycles. The first-order chi connectivity index (χ1) is 10.2. The van der Waals surface area contributed by atoms with Gasteiger partial charge in [0.05, 0.1) is 20.8 Å². The van der Waals surface area contributed by atoms with Gasteiger partial charge in [-0.1, -0.05) is 6.07 Å². The summed E-state index contributed by atoms with van der Waals surface area (Å²) >= 11 is 0. The molecule has 0 radical (unpaired) electrons. The molecule has 21 heavy (non-hydrogen) atoms. The summed E-state index contributed by atoms with van der Waals surface area (Å²) in [6.07, 6.45) is 0.866. The first-order valence-corrected chi connectivity index (χ1v) is 6.89. The average Bonchev–Trinajstić information content (AvgIpc) is 2.53. The lowest BCUT2D eigenvalue weighted by molar-refractivity contribution is 0.203. The number of nitrogens with zero attached hydrogens (tertiary/aromatic N) is 1. The largest absolute Gasteiger partial charge is 0.493 e. The molecule has 118 valence electrons. The van der Waals surface area contributed by atoms with E-state index in [1.807, 2.05) is 18.2 Å². The quantitative estimate of drug-likeness (QED) is 0.426. The lowest BCUT2D eigenvalue weighted by atomic mass is 10.1. The van der Waals surface area contributed by atoms with Crippen LogP contribution in [-0.4, -0.2) is 54.0 Å². The molecule has 0 bridgehead atoms. The van der Waals surface area contributed by atoms with Gasteiger partial charge in [-0.15, -0.1) is 0 Å². The Balaban J connectivity index is 2.44. The van der Waals surface area contributed by atoms with E-state index in [1.165, 1.54) is 5.56 Å². The molecular weight excluding hydrogens is 270 g/mol. The molecule has 1 aromatic rings. The molecule has 2 N–H and O–H groups in total. The maximum absolute atomic E-state index is 5.30. The average molecular weight is 295 g/mol. The van der Waals surface area contributed by atoms with Crippen LogP contribution in [-0.2, 0) is 11.2 Å². The first-order valence-electron chi connectivity index (χ1n) is 6.89. The van der Waals surface area contributed by atoms with Crippen LogP contribution < -0.4 is 20.1 Å². The second-order valence-electron chi connectivity index (χ2n) is 4.36. The fourth-order valence-electron chi connectivity index (χ4n) is 1.85. The summed E-state index contributed by atoms with van der Waals surface area (Å²) in [5.74, 6) is 2.26. The number of nitrogens with one attached hydrogen (secondary N) is 2. The highest BCUT2D eigenvalue weighted by Gasteiger charge is 2.04. The Morgan fingerprint density at radius 3 is 2.38 bits per heavy atom. The first kappa shape index (κ1) is 17.1. The number of rotatable bonds is 8. The van der Waals surface area contributed by atoms with Crippen LogP contribution in [0.2, 0.25) is 0 Å². The second kappa shape index (κ2) is 9.88. The Hall–Kier alpha value is -1.95. The van der Waals surface area contributed by atoms with E-state index in [2.05, 4.69) is 15.6 Å². The van der Waals surface area contributed by atoms with E-state index in [0.29, 0.717) is 6.61 Å². The molecular formula is C15H25N3O3. The standard InChI is InChI=1S/C15H25N3O3/c1-16-15(18-9-10-19-2)17-8-7-12-5-6-13(20-3)14(11-12)21-4/h5-6,11H,7-10H2,1-4H3,(H2,16,17,18). The third-order valence-corrected chi connectivity index (χ3v) is 2.98. The molecule has 0 unspecified atom stereocenters. The molecule has 0 heterocycles. The van der Waals surface area contributed by atoms with Gasteiger partial charge in [-0.25, -0.2) is 0 Å². The Kier molecular flexibility index (Phi) is 8.04. The summed E-state index contributed by atoms with van der Waals surface area (Å²) in [6, 6.07) is 5.94. The van der Waals surface area contributed by atoms with Crippen LogP contribution in [0.15, 0.2) is 23.2 Å². The number of hydrogen-bond acceptors (Lipinski definition) is 4. The molecule has 6 nitrogen and oxygen atoms in total. The minimum atomic E-state index is 0.649. The minimum absolute atomic E-state index is 0.649. The highest BCUT2D eigenvalue weighted by atomic mass is 16.5. The van der Waals surface area contributed by atoms with Gasteiger partial charge in [0.1, 0.15) is 0 Å². The van der Waals surface area contributed by atoms with Crippen LogP contribution in [0.25, 0.3) is 0 Å². The van der Waals surface area contributed by atoms with Crippen molar-refractivity contribution in [3.8, 4) is 11.5 Å². The molecule has 0 saturated carbocycles. The number of methoxy groups -OCH3 is 3. The van der Waals surface area contributed by atoms with Crippen molar-refractivity contribution < 1.29 is 14.2 Å². The summed E-state index contributed by atoms with van der Waals surface area (Å²) in [5.41, 5.74) is 1.17. The number of benzene rings is 1. The Morgan fingerprint density at radius 1 is 1.05 bits per heavy atom. The van der Waals surface area contributed by atoms with Crippen molar-refractivity contribution in [3.05, 3.63) is 23.8 Å². The molecule has 0 aliphatic heterocycles. The summed E-state index contributed by atoms with van der Waals surface area (Å²) in [4.78, 5) is 4.15. The van der Waals surface area contributed by atoms with Gasteiger partial charge in [0.2, 0.25) is 0 Å². The molecule has 0 atom stereocenters. The van der Waals surface area contributed by atoms with Gasteiger partial charge in [-0.3, -0.25) is 4.99 Å². The van der Waals surface area contributed by atoms with Gasteiger partial charge >= 0.3 is 0 Å². The van der Waals surface area contributed by atoms with Crippen LogP contribution in [0.1, 0.15) is 5.56 Å². The summed E-state index contributed by atoms with van der Waals surface area (Å²) in [5, 5.41) is 6.42. The molecule has 0 amide bonds. The predicted octanol–water partition coefficient (Wildman–Crippen LogP) is 1.06. The van der Waals surface area contributed by atoms with E-state index in [9.17, 15) is 0 Å². The SMILES string of the molecule is CN=C(NCCOC)NCCc1ccc(OC)c(OC)c1. The fourth-order valence-corrected chi connectivity index (χ4v) is 1.85. The molecule has 1 rings (SSSR count). The lowest BCUT2D eigenvalue weighted by Crippen LogP contribution is -2.39. The lowest BCUT2D eigenvalue weighted by Gasteiger charge is -2.12. The van der Waals surface area contributed by atoms with Crippen LogP contribution >= 0.6 is 0 Å². The van der Waals surface area contributed by atoms with Crippen LogP contribution in [0.4, 0.5) is 0 Å². The smallest absolute Gasteiger partial charge is 0.191 e. The summed E-state index contributed by atoms with van der Waals surface area (Å²) in [7, 11) is 6.70. The Morgan fingerprint density at radius 2 is 1.76 bits per heavy atom. The zero-order valence-corrected chi connectivity index (χ0v) is 13.2. The molecule has 0 fully saturated rings. The minimum Gasteiger partial charge on any atom is -0.493 e. The number of hydrogen-bond donors (Lipinski definition) is 2. The predicted molar refractivity (Wildman–Crippen MR) is 84.5 cm³/mol. The zero-order chi connectivity index (χ0) is 15.5. The van der Waals surface area contributed by atoms with Crippen molar-refractivity contribution in [1.29, 1.82) is 0 Å². The summed E-state index contributed by atoms with van der Waals surface area (Å²) in [6.45, 7) is 2.16. The maximum Gasteiger partial charge on any atom is 0.191 e. The second-order valence-corrected chi connectivity index (χ2v) is 4.36. The van der Waals surface area contributed by atoms with Crippen molar-refractivity contribution in [3.63, 3.8) is 0 Å². The van der Waals surface area contributed by atoms with Crippen molar-refractivity contribution in [2.24, 2.45) is 4.99 Å². The van der Waals surface area contributed by atoms with Gasteiger partial charge in [-0.2, -0.15) is 0 Å². The monoisotopic (exact) mass is 295 g/mol. The zero-order valence-electron chi connectivity index (χ0n) is 13.2. The Labute approximate surface area is 126 Å². The number of ether oxygens (including phenoxy) is 3. The molecule has 0 aliphatic rings. The van der Waals surface area contributed by atoms with Gasteiger partial charge in [0.25, 0.3) is 0 Å². The van der Waals surface area contributed by atoms with Crippen LogP contribution in [0, 0.1) is 0 Å². The van der Waals surface area contributed by atoms with Crippen molar-refractivity contribution in [2.45, 2.75) is 6.42 Å². The molecule has 0 aliphatic carbocycles. The van der Waals surface area contributed by atoms with E-state index in [4.69, 9.17) is 14.2 Å². The van der Waals surface area contributed by atoms with Gasteiger partial charge in [-0.05, 0) is 24.1 Å². The third-order valence-electron chi connectivity index (χ3n) is 2.98. The maximum atomic E-state index is 5.30. The van der Waals surface area contributed by atoms with Gasteiger partial charge in [0, 0.05) is 27.2 Å². The highest BCUT2D eigenvalue weighted by molar-refractivity contribution is 5.79. The van der Waals surface area contributed by atoms with E-state index in [1.54, 1.807) is 28.4 Å². The fraction of sp³-hybridized carbons (Fsp3) is 0.533. The molecule has 0 spiro atoms. The third kappa shape index (κ3) is 5.91. The van der Waals surface area contributed by atoms with Crippen molar-refractivity contribution >= 4 is 5.96 Å². The molecule has 6 heteroatoms. The van der Waals surface area contributed by atoms with E-state index < -0.39 is 0 Å². The molecule has 0 aromatic heterocycles. The highest BCUT2D eigenvalue weighted by Crippen LogP contribution is 2.27. The normalized spacial score (nSPS) is 11.1. The van der Waals surface area contributed by atoms with Crippen molar-refractivity contribution in [1.82, 2.24) is 10.6 Å². The van der Waals surface area contributed by atoms with Crippen LogP contribution in [0.3, 0.4) is 0 Å². The van der Waals surface area contributed by atoms with E-state index >= 15 is 0 Å². The van der Waals surface area contributed by atoms with Gasteiger partial charge < -0.3 is 24.8 Å². The Bertz CT molecular complexity index is 450. The van der Waals surface area contributed by atoms with E-state index in [0.717, 1.165) is 37.0 Å². The number of guanidine groups is 1.